The van der Waals surface area contributed by atoms with Crippen LogP contribution in [-0.2, 0) is 16.6 Å². The summed E-state index contributed by atoms with van der Waals surface area (Å²) in [5.41, 5.74) is 3.69. The van der Waals surface area contributed by atoms with Crippen LogP contribution in [0, 0.1) is 10.1 Å². The maximum Gasteiger partial charge on any atom is 0.323 e. The van der Waals surface area contributed by atoms with Crippen LogP contribution in [-0.4, -0.2) is 34.0 Å². The molecule has 0 aliphatic carbocycles. The largest absolute Gasteiger partial charge is 0.480 e. The van der Waals surface area contributed by atoms with Crippen LogP contribution in [0.4, 0.5) is 0 Å². The molecule has 0 spiro atoms. The van der Waals surface area contributed by atoms with E-state index < -0.39 is 10.9 Å². The highest BCUT2D eigenvalue weighted by molar-refractivity contribution is 5.69. The van der Waals surface area contributed by atoms with Gasteiger partial charge in [0.15, 0.2) is 0 Å². The van der Waals surface area contributed by atoms with Crippen molar-refractivity contribution in [2.75, 3.05) is 13.1 Å². The van der Waals surface area contributed by atoms with Gasteiger partial charge in [0.05, 0.1) is 4.92 Å². The highest BCUT2D eigenvalue weighted by Crippen LogP contribution is 2.26. The summed E-state index contributed by atoms with van der Waals surface area (Å²) in [6, 6.07) is 8.10. The summed E-state index contributed by atoms with van der Waals surface area (Å²) < 4.78 is 0. The van der Waals surface area contributed by atoms with Crippen molar-refractivity contribution >= 4 is 5.97 Å². The third kappa shape index (κ3) is 4.68. The molecule has 1 aromatic rings. The van der Waals surface area contributed by atoms with Gasteiger partial charge in [-0.3, -0.25) is 14.9 Å². The Balaban J connectivity index is 2.27. The van der Waals surface area contributed by atoms with E-state index in [0.717, 1.165) is 11.3 Å². The summed E-state index contributed by atoms with van der Waals surface area (Å²) in [5.74, 6) is -1.00. The Morgan fingerprint density at radius 3 is 2.36 bits per heavy atom. The van der Waals surface area contributed by atoms with Gasteiger partial charge in [0, 0.05) is 17.7 Å². The summed E-state index contributed by atoms with van der Waals surface area (Å²) in [4.78, 5) is 23.4. The zero-order valence-corrected chi connectivity index (χ0v) is 15.1. The second-order valence-corrected chi connectivity index (χ2v) is 7.39. The lowest BCUT2D eigenvalue weighted by Gasteiger charge is -2.26. The molecule has 1 aromatic carbocycles. The SMILES string of the molecule is CC1=CC(Cc2ccc(C(C)(C)C)cc2)=C([N+](=O)[O-])CN1CC(=O)O. The molecule has 0 saturated heterocycles. The number of nitro groups is 1. The third-order valence-corrected chi connectivity index (χ3v) is 4.35. The van der Waals surface area contributed by atoms with E-state index >= 15 is 0 Å². The Morgan fingerprint density at radius 1 is 1.28 bits per heavy atom. The summed E-state index contributed by atoms with van der Waals surface area (Å²) >= 11 is 0. The minimum atomic E-state index is -1.00. The molecule has 2 rings (SSSR count). The number of carboxylic acids is 1. The molecule has 1 heterocycles. The number of benzene rings is 1. The van der Waals surface area contributed by atoms with Gasteiger partial charge in [-0.15, -0.1) is 0 Å². The highest BCUT2D eigenvalue weighted by Gasteiger charge is 2.27. The zero-order valence-electron chi connectivity index (χ0n) is 15.1. The lowest BCUT2D eigenvalue weighted by Crippen LogP contribution is -2.34. The minimum absolute atomic E-state index is 0.0110. The summed E-state index contributed by atoms with van der Waals surface area (Å²) in [7, 11) is 0. The quantitative estimate of drug-likeness (QED) is 0.654. The van der Waals surface area contributed by atoms with Crippen molar-refractivity contribution < 1.29 is 14.8 Å². The number of carbonyl (C=O) groups is 1. The molecular formula is C19H24N2O4. The molecule has 1 N–H and O–H groups in total. The Bertz CT molecular complexity index is 740. The molecule has 0 atom stereocenters. The first-order valence-corrected chi connectivity index (χ1v) is 8.19. The number of nitrogens with zero attached hydrogens (tertiary/aromatic N) is 2. The fourth-order valence-electron chi connectivity index (χ4n) is 2.85. The first-order chi connectivity index (χ1) is 11.6. The van der Waals surface area contributed by atoms with Gasteiger partial charge in [0.25, 0.3) is 5.70 Å². The number of aliphatic carboxylic acids is 1. The Hall–Kier alpha value is -2.63. The summed E-state index contributed by atoms with van der Waals surface area (Å²) in [6.07, 6.45) is 2.18. The molecule has 6 nitrogen and oxygen atoms in total. The van der Waals surface area contributed by atoms with E-state index in [2.05, 4.69) is 32.9 Å². The van der Waals surface area contributed by atoms with E-state index in [1.807, 2.05) is 12.1 Å². The van der Waals surface area contributed by atoms with Crippen LogP contribution >= 0.6 is 0 Å². The smallest absolute Gasteiger partial charge is 0.323 e. The van der Waals surface area contributed by atoms with E-state index in [9.17, 15) is 14.9 Å². The van der Waals surface area contributed by atoms with Crippen LogP contribution in [0.25, 0.3) is 0 Å². The molecule has 0 bridgehead atoms. The molecule has 0 amide bonds. The fraction of sp³-hybridized carbons (Fsp3) is 0.421. The number of hydrogen-bond donors (Lipinski definition) is 1. The van der Waals surface area contributed by atoms with E-state index in [4.69, 9.17) is 5.11 Å². The van der Waals surface area contributed by atoms with Gasteiger partial charge in [-0.2, -0.15) is 0 Å². The van der Waals surface area contributed by atoms with Gasteiger partial charge in [-0.1, -0.05) is 45.0 Å². The number of allylic oxidation sites excluding steroid dienone is 3. The first-order valence-electron chi connectivity index (χ1n) is 8.19. The number of rotatable bonds is 5. The van der Waals surface area contributed by atoms with Gasteiger partial charge in [0.2, 0.25) is 0 Å². The first kappa shape index (κ1) is 18.7. The van der Waals surface area contributed by atoms with Gasteiger partial charge in [-0.05, 0) is 29.5 Å². The molecule has 1 aliphatic rings. The van der Waals surface area contributed by atoms with E-state index in [-0.39, 0.29) is 24.2 Å². The highest BCUT2D eigenvalue weighted by atomic mass is 16.6. The molecular weight excluding hydrogens is 320 g/mol. The van der Waals surface area contributed by atoms with Crippen LogP contribution in [0.15, 0.2) is 47.3 Å². The second kappa shape index (κ2) is 7.09. The van der Waals surface area contributed by atoms with Crippen LogP contribution in [0.5, 0.6) is 0 Å². The van der Waals surface area contributed by atoms with Crippen molar-refractivity contribution in [3.05, 3.63) is 68.5 Å². The predicted molar refractivity (Wildman–Crippen MR) is 95.8 cm³/mol. The van der Waals surface area contributed by atoms with Gasteiger partial charge >= 0.3 is 5.97 Å². The molecule has 0 aromatic heterocycles. The third-order valence-electron chi connectivity index (χ3n) is 4.35. The molecule has 0 fully saturated rings. The molecule has 25 heavy (non-hydrogen) atoms. The van der Waals surface area contributed by atoms with Crippen molar-refractivity contribution in [1.82, 2.24) is 4.90 Å². The molecule has 1 aliphatic heterocycles. The van der Waals surface area contributed by atoms with Crippen molar-refractivity contribution in [3.63, 3.8) is 0 Å². The Labute approximate surface area is 147 Å². The average Bonchev–Trinajstić information content (AvgIpc) is 2.48. The Morgan fingerprint density at radius 2 is 1.88 bits per heavy atom. The van der Waals surface area contributed by atoms with E-state index in [1.54, 1.807) is 13.0 Å². The number of hydrogen-bond acceptors (Lipinski definition) is 4. The maximum absolute atomic E-state index is 11.4. The normalized spacial score (nSPS) is 15.2. The second-order valence-electron chi connectivity index (χ2n) is 7.39. The number of carboxylic acid groups (broad SMARTS) is 1. The van der Waals surface area contributed by atoms with Gasteiger partial charge in [0.1, 0.15) is 13.1 Å². The van der Waals surface area contributed by atoms with Gasteiger partial charge < -0.3 is 10.0 Å². The Kier molecular flexibility index (Phi) is 5.30. The van der Waals surface area contributed by atoms with E-state index in [1.165, 1.54) is 10.5 Å². The van der Waals surface area contributed by atoms with Crippen LogP contribution in [0.3, 0.4) is 0 Å². The lowest BCUT2D eigenvalue weighted by molar-refractivity contribution is -0.429. The van der Waals surface area contributed by atoms with Crippen LogP contribution in [0.2, 0.25) is 0 Å². The van der Waals surface area contributed by atoms with Crippen LogP contribution < -0.4 is 0 Å². The average molecular weight is 344 g/mol. The molecule has 0 radical (unpaired) electrons. The predicted octanol–water partition coefficient (Wildman–Crippen LogP) is 3.36. The summed E-state index contributed by atoms with van der Waals surface area (Å²) in [6.45, 7) is 7.96. The lowest BCUT2D eigenvalue weighted by atomic mass is 9.86. The van der Waals surface area contributed by atoms with Crippen molar-refractivity contribution in [1.29, 1.82) is 0 Å². The van der Waals surface area contributed by atoms with Crippen molar-refractivity contribution in [3.8, 4) is 0 Å². The van der Waals surface area contributed by atoms with Crippen molar-refractivity contribution in [2.24, 2.45) is 0 Å². The monoisotopic (exact) mass is 344 g/mol. The summed E-state index contributed by atoms with van der Waals surface area (Å²) in [5, 5.41) is 20.4. The van der Waals surface area contributed by atoms with E-state index in [0.29, 0.717) is 12.0 Å². The standard InChI is InChI=1S/C19H24N2O4/c1-13-9-15(17(21(24)25)11-20(13)12-18(22)23)10-14-5-7-16(8-6-14)19(2,3)4/h5-9H,10-12H2,1-4H3,(H,22,23). The molecule has 6 heteroatoms. The minimum Gasteiger partial charge on any atom is -0.480 e. The van der Waals surface area contributed by atoms with Gasteiger partial charge in [-0.25, -0.2) is 0 Å². The van der Waals surface area contributed by atoms with Crippen LogP contribution in [0.1, 0.15) is 38.8 Å². The topological polar surface area (TPSA) is 83.7 Å². The maximum atomic E-state index is 11.4. The zero-order chi connectivity index (χ0) is 18.8. The molecule has 0 saturated carbocycles. The molecule has 0 unspecified atom stereocenters. The fourth-order valence-corrected chi connectivity index (χ4v) is 2.85. The van der Waals surface area contributed by atoms with Crippen molar-refractivity contribution in [2.45, 2.75) is 39.5 Å². The molecule has 134 valence electrons.